The minimum absolute atomic E-state index is 0. The molecule has 0 spiro atoms. The van der Waals surface area contributed by atoms with E-state index in [-0.39, 0.29) is 40.0 Å². The molecule has 1 aromatic rings. The van der Waals surface area contributed by atoms with Crippen molar-refractivity contribution in [1.82, 2.24) is 4.98 Å². The van der Waals surface area contributed by atoms with Crippen LogP contribution in [0.5, 0.6) is 0 Å². The quantitative estimate of drug-likeness (QED) is 0.339. The molecule has 0 saturated carbocycles. The van der Waals surface area contributed by atoms with Crippen LogP contribution in [0, 0.1) is 13.0 Å². The molecular formula is C6H6BrMgN. The van der Waals surface area contributed by atoms with Crippen LogP contribution < -0.4 is 17.0 Å². The molecule has 0 aliphatic rings. The molecule has 0 atom stereocenters. The Balaban J connectivity index is 0. The van der Waals surface area contributed by atoms with Gasteiger partial charge in [-0.1, -0.05) is 19.3 Å². The Hall–Kier alpha value is 0.396. The molecule has 0 radical (unpaired) electrons. The van der Waals surface area contributed by atoms with Crippen molar-refractivity contribution in [2.75, 3.05) is 0 Å². The first-order valence-corrected chi connectivity index (χ1v) is 2.18. The number of hydrogen-bond acceptors (Lipinski definition) is 1. The van der Waals surface area contributed by atoms with Gasteiger partial charge in [-0.05, 0) is 0 Å². The minimum Gasteiger partial charge on any atom is -1.00 e. The zero-order valence-electron chi connectivity index (χ0n) is 5.26. The van der Waals surface area contributed by atoms with Gasteiger partial charge in [0, 0.05) is 0 Å². The first kappa shape index (κ1) is 12.1. The van der Waals surface area contributed by atoms with Crippen molar-refractivity contribution in [3.8, 4) is 0 Å². The monoisotopic (exact) mass is 195 g/mol. The number of aryl methyl sites for hydroxylation is 1. The first-order valence-electron chi connectivity index (χ1n) is 2.18. The average molecular weight is 196 g/mol. The van der Waals surface area contributed by atoms with E-state index in [1.165, 1.54) is 0 Å². The maximum Gasteiger partial charge on any atom is 2.00 e. The molecule has 1 nitrogen and oxygen atoms in total. The van der Waals surface area contributed by atoms with Crippen molar-refractivity contribution in [3.63, 3.8) is 0 Å². The van der Waals surface area contributed by atoms with Crippen molar-refractivity contribution in [2.45, 2.75) is 6.92 Å². The van der Waals surface area contributed by atoms with Crippen molar-refractivity contribution >= 4 is 23.1 Å². The molecule has 0 N–H and O–H groups in total. The second-order valence-electron chi connectivity index (χ2n) is 1.42. The topological polar surface area (TPSA) is 12.9 Å². The van der Waals surface area contributed by atoms with Crippen LogP contribution in [-0.4, -0.2) is 28.0 Å². The van der Waals surface area contributed by atoms with Crippen molar-refractivity contribution in [3.05, 3.63) is 30.1 Å². The number of nitrogens with zero attached hydrogens (tertiary/aromatic N) is 1. The molecule has 1 rings (SSSR count). The molecule has 0 unspecified atom stereocenters. The SMILES string of the molecule is Cc1[c-]cncc1.[Br-].[Mg+2]. The van der Waals surface area contributed by atoms with Crippen LogP contribution in [0.2, 0.25) is 0 Å². The summed E-state index contributed by atoms with van der Waals surface area (Å²) in [4.78, 5) is 3.79. The van der Waals surface area contributed by atoms with Gasteiger partial charge < -0.3 is 22.0 Å². The standard InChI is InChI=1S/C6H6N.BrH.Mg/c1-6-2-4-7-5-3-6;;/h2,4-5H,1H3;1H;/q-1;;+2/p-1. The Morgan fingerprint density at radius 2 is 2.22 bits per heavy atom. The third-order valence-electron chi connectivity index (χ3n) is 0.777. The van der Waals surface area contributed by atoms with Crippen LogP contribution in [0.25, 0.3) is 0 Å². The number of pyridine rings is 1. The van der Waals surface area contributed by atoms with Crippen LogP contribution in [0.15, 0.2) is 18.5 Å². The molecule has 0 saturated heterocycles. The van der Waals surface area contributed by atoms with Crippen LogP contribution in [0.1, 0.15) is 5.56 Å². The van der Waals surface area contributed by atoms with E-state index in [0.29, 0.717) is 0 Å². The zero-order valence-corrected chi connectivity index (χ0v) is 8.26. The Labute approximate surface area is 81.8 Å². The van der Waals surface area contributed by atoms with Crippen LogP contribution in [0.3, 0.4) is 0 Å². The van der Waals surface area contributed by atoms with Crippen molar-refractivity contribution < 1.29 is 17.0 Å². The van der Waals surface area contributed by atoms with Gasteiger partial charge in [0.2, 0.25) is 0 Å². The molecule has 0 bridgehead atoms. The molecule has 0 amide bonds. The molecule has 0 aliphatic carbocycles. The summed E-state index contributed by atoms with van der Waals surface area (Å²) in [5.41, 5.74) is 1.13. The largest absolute Gasteiger partial charge is 2.00 e. The van der Waals surface area contributed by atoms with E-state index in [9.17, 15) is 0 Å². The summed E-state index contributed by atoms with van der Waals surface area (Å²) in [6.45, 7) is 1.99. The van der Waals surface area contributed by atoms with Gasteiger partial charge >= 0.3 is 23.1 Å². The summed E-state index contributed by atoms with van der Waals surface area (Å²) < 4.78 is 0. The average Bonchev–Trinajstić information content (AvgIpc) is 1.69. The normalized spacial score (nSPS) is 6.78. The minimum atomic E-state index is 0. The maximum atomic E-state index is 3.79. The van der Waals surface area contributed by atoms with Gasteiger partial charge in [0.05, 0.1) is 0 Å². The van der Waals surface area contributed by atoms with Crippen molar-refractivity contribution in [2.24, 2.45) is 0 Å². The van der Waals surface area contributed by atoms with E-state index < -0.39 is 0 Å². The first-order chi connectivity index (χ1) is 3.39. The number of halogens is 1. The summed E-state index contributed by atoms with van der Waals surface area (Å²) in [5, 5.41) is 0. The fourth-order valence-corrected chi connectivity index (χ4v) is 0.385. The Morgan fingerprint density at radius 1 is 1.56 bits per heavy atom. The van der Waals surface area contributed by atoms with E-state index >= 15 is 0 Å². The third-order valence-corrected chi connectivity index (χ3v) is 0.777. The molecule has 1 heterocycles. The van der Waals surface area contributed by atoms with E-state index in [1.807, 2.05) is 13.0 Å². The van der Waals surface area contributed by atoms with Gasteiger partial charge in [-0.15, -0.1) is 0 Å². The molecular weight excluding hydrogens is 190 g/mol. The molecule has 0 fully saturated rings. The molecule has 0 aliphatic heterocycles. The summed E-state index contributed by atoms with van der Waals surface area (Å²) in [5.74, 6) is 0. The maximum absolute atomic E-state index is 3.79. The molecule has 0 aromatic carbocycles. The Kier molecular flexibility index (Phi) is 8.77. The van der Waals surface area contributed by atoms with E-state index in [4.69, 9.17) is 0 Å². The second kappa shape index (κ2) is 6.52. The molecule has 3 heteroatoms. The summed E-state index contributed by atoms with van der Waals surface area (Å²) in [6.07, 6.45) is 3.42. The molecule has 44 valence electrons. The van der Waals surface area contributed by atoms with Gasteiger partial charge in [-0.3, -0.25) is 0 Å². The Morgan fingerprint density at radius 3 is 2.44 bits per heavy atom. The Bertz CT molecular complexity index is 143. The third kappa shape index (κ3) is 4.87. The smallest absolute Gasteiger partial charge is 1.00 e. The van der Waals surface area contributed by atoms with E-state index in [1.54, 1.807) is 12.4 Å². The molecule has 1 aromatic heterocycles. The number of rotatable bonds is 0. The van der Waals surface area contributed by atoms with Gasteiger partial charge in [0.1, 0.15) is 0 Å². The number of aromatic nitrogens is 1. The summed E-state index contributed by atoms with van der Waals surface area (Å²) >= 11 is 0. The number of hydrogen-bond donors (Lipinski definition) is 0. The van der Waals surface area contributed by atoms with Gasteiger partial charge in [-0.25, -0.2) is 11.6 Å². The fourth-order valence-electron chi connectivity index (χ4n) is 0.385. The van der Waals surface area contributed by atoms with Crippen molar-refractivity contribution in [1.29, 1.82) is 0 Å². The van der Waals surface area contributed by atoms with Crippen LogP contribution >= 0.6 is 0 Å². The van der Waals surface area contributed by atoms with E-state index in [0.717, 1.165) is 5.56 Å². The van der Waals surface area contributed by atoms with Gasteiger partial charge in [-0.2, -0.15) is 6.07 Å². The predicted octanol–water partition coefficient (Wildman–Crippen LogP) is -2.19. The van der Waals surface area contributed by atoms with Gasteiger partial charge in [0.15, 0.2) is 0 Å². The van der Waals surface area contributed by atoms with Crippen LogP contribution in [-0.2, 0) is 0 Å². The fraction of sp³-hybridized carbons (Fsp3) is 0.167. The summed E-state index contributed by atoms with van der Waals surface area (Å²) in [6, 6.07) is 4.84. The van der Waals surface area contributed by atoms with E-state index in [2.05, 4.69) is 11.1 Å². The predicted molar refractivity (Wildman–Crippen MR) is 33.6 cm³/mol. The molecule has 9 heavy (non-hydrogen) atoms. The second-order valence-corrected chi connectivity index (χ2v) is 1.42. The van der Waals surface area contributed by atoms with Gasteiger partial charge in [0.25, 0.3) is 0 Å². The van der Waals surface area contributed by atoms with Crippen LogP contribution in [0.4, 0.5) is 0 Å². The summed E-state index contributed by atoms with van der Waals surface area (Å²) in [7, 11) is 0. The zero-order chi connectivity index (χ0) is 5.11.